The third-order valence-electron chi connectivity index (χ3n) is 3.48. The van der Waals surface area contributed by atoms with E-state index in [0.29, 0.717) is 0 Å². The van der Waals surface area contributed by atoms with Crippen molar-refractivity contribution in [1.82, 2.24) is 0 Å². The Bertz CT molecular complexity index is 226. The maximum atomic E-state index is 2.38. The fraction of sp³-hybridized carbons (Fsp3) is 0.714. The summed E-state index contributed by atoms with van der Waals surface area (Å²) in [4.78, 5) is 0. The summed E-state index contributed by atoms with van der Waals surface area (Å²) in [6.45, 7) is 7.12. The van der Waals surface area contributed by atoms with Crippen LogP contribution >= 0.6 is 0 Å². The second kappa shape index (κ2) is 8.47. The fourth-order valence-corrected chi connectivity index (χ4v) is 6.13. The van der Waals surface area contributed by atoms with Gasteiger partial charge >= 0.3 is 33.3 Å². The van der Waals surface area contributed by atoms with Crippen LogP contribution in [-0.2, 0) is 17.3 Å². The van der Waals surface area contributed by atoms with Crippen LogP contribution in [0.15, 0.2) is 23.4 Å². The van der Waals surface area contributed by atoms with Crippen LogP contribution in [0.5, 0.6) is 0 Å². The molecule has 0 aliphatic heterocycles. The van der Waals surface area contributed by atoms with Gasteiger partial charge < -0.3 is 0 Å². The molecule has 0 aromatic heterocycles. The summed E-state index contributed by atoms with van der Waals surface area (Å²) in [6, 6.07) is 4.27. The van der Waals surface area contributed by atoms with Crippen LogP contribution in [-0.4, -0.2) is 8.07 Å². The average molecular weight is 421 g/mol. The molecule has 0 saturated carbocycles. The molecular weight excluding hydrogens is 391 g/mol. The first-order valence-corrected chi connectivity index (χ1v) is 15.5. The molecule has 1 rings (SSSR count). The molecule has 0 unspecified atom stereocenters. The first-order chi connectivity index (χ1) is 7.52. The van der Waals surface area contributed by atoms with Crippen molar-refractivity contribution in [3.63, 3.8) is 0 Å². The maximum absolute atomic E-state index is 2.38. The van der Waals surface area contributed by atoms with Gasteiger partial charge in [-0.1, -0.05) is 62.3 Å². The number of allylic oxidation sites excluding steroid dienone is 4. The van der Waals surface area contributed by atoms with Gasteiger partial charge in [0.2, 0.25) is 0 Å². The zero-order chi connectivity index (χ0) is 12.6. The fourth-order valence-electron chi connectivity index (χ4n) is 2.27. The zero-order valence-corrected chi connectivity index (χ0v) is 15.1. The Labute approximate surface area is 110 Å². The molecule has 0 nitrogen and oxygen atoms in total. The van der Waals surface area contributed by atoms with E-state index in [1.165, 1.54) is 24.6 Å². The first-order valence-electron chi connectivity index (χ1n) is 6.10. The molecule has 0 aromatic carbocycles. The van der Waals surface area contributed by atoms with E-state index in [-0.39, 0.29) is 17.3 Å². The molecule has 0 heterocycles. The standard InChI is InChI=1S/C11H20Si.3CH3.Pt/c1-4-12(5-2,6-3)11-9-7-8-10-11;;;;/h7-9H,4-6,10H2,1-3H3;3*1H3;. The molecule has 0 amide bonds. The molecule has 0 N–H and O–H groups in total. The van der Waals surface area contributed by atoms with Crippen LogP contribution < -0.4 is 0 Å². The van der Waals surface area contributed by atoms with Crippen LogP contribution in [0.25, 0.3) is 0 Å². The van der Waals surface area contributed by atoms with Gasteiger partial charge in [-0.15, -0.1) is 0 Å². The van der Waals surface area contributed by atoms with Gasteiger partial charge in [0, 0.05) is 0 Å². The van der Waals surface area contributed by atoms with Crippen molar-refractivity contribution in [2.45, 2.75) is 61.3 Å². The van der Waals surface area contributed by atoms with Crippen LogP contribution in [0.2, 0.25) is 34.1 Å². The quantitative estimate of drug-likeness (QED) is 0.514. The molecule has 0 aromatic rings. The summed E-state index contributed by atoms with van der Waals surface area (Å²) in [6.07, 6.45) is 8.17. The van der Waals surface area contributed by atoms with E-state index < -0.39 is 8.07 Å². The zero-order valence-electron chi connectivity index (χ0n) is 11.9. The Morgan fingerprint density at radius 3 is 1.75 bits per heavy atom. The van der Waals surface area contributed by atoms with E-state index in [0.717, 1.165) is 0 Å². The van der Waals surface area contributed by atoms with E-state index in [1.807, 2.05) is 0 Å². The predicted octanol–water partition coefficient (Wildman–Crippen LogP) is 5.67. The van der Waals surface area contributed by atoms with Crippen molar-refractivity contribution in [2.24, 2.45) is 0 Å². The normalized spacial score (nSPS) is 15.4. The number of hydrogen-bond acceptors (Lipinski definition) is 0. The Balaban J connectivity index is 0.000000487. The molecule has 0 bridgehead atoms. The molecule has 0 saturated heterocycles. The number of hydrogen-bond donors (Lipinski definition) is 0. The van der Waals surface area contributed by atoms with Crippen molar-refractivity contribution in [3.8, 4) is 0 Å². The van der Waals surface area contributed by atoms with Gasteiger partial charge in [0.25, 0.3) is 0 Å². The average Bonchev–Trinajstić information content (AvgIpc) is 2.74. The van der Waals surface area contributed by atoms with Crippen molar-refractivity contribution in [3.05, 3.63) is 23.4 Å². The third kappa shape index (κ3) is 5.14. The van der Waals surface area contributed by atoms with Crippen LogP contribution in [0, 0.1) is 0 Å². The van der Waals surface area contributed by atoms with E-state index >= 15 is 0 Å². The SMILES string of the molecule is CC[Si](CC)(CC)C1=CC=CC1.[CH3][Pt]([CH3])[CH3]. The monoisotopic (exact) mass is 420 g/mol. The molecule has 0 radical (unpaired) electrons. The molecule has 2 heteroatoms. The molecule has 16 heavy (non-hydrogen) atoms. The molecule has 0 spiro atoms. The van der Waals surface area contributed by atoms with E-state index in [2.05, 4.69) is 54.9 Å². The van der Waals surface area contributed by atoms with Crippen molar-refractivity contribution in [1.29, 1.82) is 0 Å². The third-order valence-corrected chi connectivity index (χ3v) is 9.28. The summed E-state index contributed by atoms with van der Waals surface area (Å²) in [5.74, 6) is 0. The Morgan fingerprint density at radius 1 is 1.06 bits per heavy atom. The van der Waals surface area contributed by atoms with Gasteiger partial charge in [-0.25, -0.2) is 0 Å². The van der Waals surface area contributed by atoms with Gasteiger partial charge in [-0.05, 0) is 6.42 Å². The summed E-state index contributed by atoms with van der Waals surface area (Å²) >= 11 is -0.269. The van der Waals surface area contributed by atoms with Crippen LogP contribution in [0.1, 0.15) is 27.2 Å². The summed E-state index contributed by atoms with van der Waals surface area (Å²) in [7, 11) is -0.986. The summed E-state index contributed by atoms with van der Waals surface area (Å²) in [5.41, 5.74) is 0. The Hall–Kier alpha value is 0.385. The van der Waals surface area contributed by atoms with Gasteiger partial charge in [0.15, 0.2) is 0 Å². The molecule has 1 aliphatic carbocycles. The molecule has 0 fully saturated rings. The van der Waals surface area contributed by atoms with Gasteiger partial charge in [-0.2, -0.15) is 0 Å². The van der Waals surface area contributed by atoms with E-state index in [1.54, 1.807) is 5.20 Å². The molecular formula is C14H29PtSi. The van der Waals surface area contributed by atoms with Gasteiger partial charge in [0.05, 0.1) is 8.07 Å². The predicted molar refractivity (Wildman–Crippen MR) is 76.6 cm³/mol. The molecule has 99 valence electrons. The van der Waals surface area contributed by atoms with Gasteiger partial charge in [-0.3, -0.25) is 0 Å². The second-order valence-electron chi connectivity index (χ2n) is 4.61. The van der Waals surface area contributed by atoms with E-state index in [9.17, 15) is 0 Å². The molecule has 1 aliphatic rings. The van der Waals surface area contributed by atoms with Gasteiger partial charge in [0.1, 0.15) is 0 Å². The van der Waals surface area contributed by atoms with E-state index in [4.69, 9.17) is 0 Å². The van der Waals surface area contributed by atoms with Crippen molar-refractivity contribution < 1.29 is 17.3 Å². The van der Waals surface area contributed by atoms with Crippen molar-refractivity contribution in [2.75, 3.05) is 0 Å². The Kier molecular flexibility index (Phi) is 8.68. The number of rotatable bonds is 4. The van der Waals surface area contributed by atoms with Crippen LogP contribution in [0.3, 0.4) is 0 Å². The minimum absolute atomic E-state index is 0.269. The summed E-state index contributed by atoms with van der Waals surface area (Å²) in [5, 5.41) is 8.76. The topological polar surface area (TPSA) is 0 Å². The van der Waals surface area contributed by atoms with Crippen molar-refractivity contribution >= 4 is 8.07 Å². The summed E-state index contributed by atoms with van der Waals surface area (Å²) < 4.78 is 0. The first kappa shape index (κ1) is 16.4. The molecule has 0 atom stereocenters. The minimum atomic E-state index is -0.986. The van der Waals surface area contributed by atoms with Crippen LogP contribution in [0.4, 0.5) is 0 Å². The Morgan fingerprint density at radius 2 is 1.50 bits per heavy atom. The second-order valence-corrected chi connectivity index (χ2v) is 16.8.